The Morgan fingerprint density at radius 1 is 0.731 bits per heavy atom. The van der Waals surface area contributed by atoms with Crippen LogP contribution in [0.5, 0.6) is 0 Å². The van der Waals surface area contributed by atoms with E-state index in [1.807, 2.05) is 0 Å². The van der Waals surface area contributed by atoms with E-state index in [9.17, 15) is 0 Å². The largest absolute Gasteiger partial charge is 0.0651 e. The fourth-order valence-corrected chi connectivity index (χ4v) is 5.78. The van der Waals surface area contributed by atoms with Gasteiger partial charge in [-0.1, -0.05) is 58.4 Å². The number of hydrogen-bond acceptors (Lipinski definition) is 0. The first-order valence-corrected chi connectivity index (χ1v) is 11.7. The number of rotatable bonds is 6. The summed E-state index contributed by atoms with van der Waals surface area (Å²) < 4.78 is 0. The monoisotopic (exact) mass is 354 g/mol. The highest BCUT2D eigenvalue weighted by molar-refractivity contribution is 5.27. The number of benzene rings is 1. The van der Waals surface area contributed by atoms with E-state index in [1.54, 1.807) is 5.56 Å². The first kappa shape index (κ1) is 20.0. The smallest absolute Gasteiger partial charge is 0.0162 e. The lowest BCUT2D eigenvalue weighted by Crippen LogP contribution is -2.27. The molecule has 146 valence electrons. The lowest BCUT2D eigenvalue weighted by atomic mass is 9.66. The third kappa shape index (κ3) is 4.73. The van der Waals surface area contributed by atoms with Crippen molar-refractivity contribution in [3.8, 4) is 0 Å². The highest BCUT2D eigenvalue weighted by Gasteiger charge is 2.32. The van der Waals surface area contributed by atoms with Crippen LogP contribution in [-0.4, -0.2) is 0 Å². The van der Waals surface area contributed by atoms with E-state index in [0.29, 0.717) is 5.92 Å². The van der Waals surface area contributed by atoms with Crippen molar-refractivity contribution in [3.63, 3.8) is 0 Å². The van der Waals surface area contributed by atoms with Crippen LogP contribution < -0.4 is 0 Å². The van der Waals surface area contributed by atoms with Gasteiger partial charge in [0.15, 0.2) is 0 Å². The van der Waals surface area contributed by atoms with Crippen molar-refractivity contribution in [2.24, 2.45) is 23.7 Å². The fraction of sp³-hybridized carbons (Fsp3) is 0.769. The van der Waals surface area contributed by atoms with E-state index in [0.717, 1.165) is 29.6 Å². The molecule has 2 aliphatic carbocycles. The van der Waals surface area contributed by atoms with Gasteiger partial charge in [-0.2, -0.15) is 0 Å². The molecule has 3 rings (SSSR count). The Morgan fingerprint density at radius 2 is 1.27 bits per heavy atom. The lowest BCUT2D eigenvalue weighted by molar-refractivity contribution is 0.137. The number of hydrogen-bond donors (Lipinski definition) is 0. The second-order valence-electron chi connectivity index (χ2n) is 9.65. The van der Waals surface area contributed by atoms with Crippen LogP contribution in [-0.2, 0) is 0 Å². The van der Waals surface area contributed by atoms with E-state index in [-0.39, 0.29) is 0 Å². The molecule has 2 fully saturated rings. The maximum absolute atomic E-state index is 2.47. The minimum absolute atomic E-state index is 0.699. The van der Waals surface area contributed by atoms with Gasteiger partial charge in [-0.05, 0) is 104 Å². The van der Waals surface area contributed by atoms with Gasteiger partial charge in [-0.15, -0.1) is 0 Å². The van der Waals surface area contributed by atoms with Gasteiger partial charge in [-0.25, -0.2) is 0 Å². The normalized spacial score (nSPS) is 32.2. The molecule has 2 aliphatic rings. The molecule has 0 spiro atoms. The maximum atomic E-state index is 2.47. The molecular formula is C26H42. The Morgan fingerprint density at radius 3 is 1.77 bits per heavy atom. The Hall–Kier alpha value is -0.780. The third-order valence-electron chi connectivity index (χ3n) is 8.29. The lowest BCUT2D eigenvalue weighted by Gasteiger charge is -2.39. The summed E-state index contributed by atoms with van der Waals surface area (Å²) in [5, 5.41) is 0. The summed E-state index contributed by atoms with van der Waals surface area (Å²) in [5.74, 6) is 5.58. The molecule has 0 aromatic heterocycles. The van der Waals surface area contributed by atoms with Crippen LogP contribution in [0.3, 0.4) is 0 Å². The quantitative estimate of drug-likeness (QED) is 0.481. The molecule has 0 heterocycles. The summed E-state index contributed by atoms with van der Waals surface area (Å²) in [6, 6.07) is 9.66. The zero-order valence-corrected chi connectivity index (χ0v) is 17.8. The summed E-state index contributed by atoms with van der Waals surface area (Å²) in [6.45, 7) is 9.47. The second-order valence-corrected chi connectivity index (χ2v) is 9.65. The molecule has 2 unspecified atom stereocenters. The standard InChI is InChI=1S/C26H42/c1-5-19(3)21-7-11-23(12-8-21)25-15-17-26(18-16-25)24-13-9-22(10-14-24)20(4)6-2/h7-8,11-12,19-20,22,24-26H,5-6,9-10,13-18H2,1-4H3. The molecule has 0 saturated heterocycles. The maximum Gasteiger partial charge on any atom is -0.0162 e. The van der Waals surface area contributed by atoms with Crippen molar-refractivity contribution >= 4 is 0 Å². The minimum Gasteiger partial charge on any atom is -0.0651 e. The van der Waals surface area contributed by atoms with Crippen molar-refractivity contribution in [1.82, 2.24) is 0 Å². The molecule has 0 aliphatic heterocycles. The fourth-order valence-electron chi connectivity index (χ4n) is 5.78. The van der Waals surface area contributed by atoms with Crippen molar-refractivity contribution in [3.05, 3.63) is 35.4 Å². The molecule has 1 aromatic rings. The zero-order chi connectivity index (χ0) is 18.5. The second kappa shape index (κ2) is 9.43. The van der Waals surface area contributed by atoms with Crippen LogP contribution in [0.15, 0.2) is 24.3 Å². The van der Waals surface area contributed by atoms with Gasteiger partial charge in [0.05, 0.1) is 0 Å². The van der Waals surface area contributed by atoms with Gasteiger partial charge in [0.1, 0.15) is 0 Å². The van der Waals surface area contributed by atoms with Crippen molar-refractivity contribution < 1.29 is 0 Å². The summed E-state index contributed by atoms with van der Waals surface area (Å²) in [6.07, 6.45) is 14.5. The SMILES string of the molecule is CCC(C)c1ccc(C2CCC(C3CCC(C(C)CC)CC3)CC2)cc1. The highest BCUT2D eigenvalue weighted by atomic mass is 14.4. The summed E-state index contributed by atoms with van der Waals surface area (Å²) in [4.78, 5) is 0. The van der Waals surface area contributed by atoms with Crippen LogP contribution in [0.2, 0.25) is 0 Å². The summed E-state index contributed by atoms with van der Waals surface area (Å²) in [7, 11) is 0. The van der Waals surface area contributed by atoms with Gasteiger partial charge in [0.25, 0.3) is 0 Å². The Kier molecular flexibility index (Phi) is 7.24. The van der Waals surface area contributed by atoms with E-state index in [4.69, 9.17) is 0 Å². The van der Waals surface area contributed by atoms with E-state index < -0.39 is 0 Å². The molecule has 0 N–H and O–H groups in total. The van der Waals surface area contributed by atoms with Crippen molar-refractivity contribution in [2.45, 2.75) is 104 Å². The van der Waals surface area contributed by atoms with E-state index in [2.05, 4.69) is 52.0 Å². The molecule has 0 amide bonds. The van der Waals surface area contributed by atoms with Crippen LogP contribution in [0.4, 0.5) is 0 Å². The van der Waals surface area contributed by atoms with Crippen LogP contribution >= 0.6 is 0 Å². The predicted octanol–water partition coefficient (Wildman–Crippen LogP) is 8.33. The molecule has 26 heavy (non-hydrogen) atoms. The van der Waals surface area contributed by atoms with Crippen molar-refractivity contribution in [2.75, 3.05) is 0 Å². The molecule has 1 aromatic carbocycles. The highest BCUT2D eigenvalue weighted by Crippen LogP contribution is 2.45. The molecule has 2 atom stereocenters. The van der Waals surface area contributed by atoms with E-state index in [1.165, 1.54) is 69.8 Å². The Bertz CT molecular complexity index is 511. The Balaban J connectivity index is 1.47. The zero-order valence-electron chi connectivity index (χ0n) is 17.8. The van der Waals surface area contributed by atoms with Gasteiger partial charge < -0.3 is 0 Å². The molecule has 0 nitrogen and oxygen atoms in total. The van der Waals surface area contributed by atoms with Gasteiger partial charge in [-0.3, -0.25) is 0 Å². The summed E-state index contributed by atoms with van der Waals surface area (Å²) >= 11 is 0. The van der Waals surface area contributed by atoms with Gasteiger partial charge >= 0.3 is 0 Å². The van der Waals surface area contributed by atoms with E-state index >= 15 is 0 Å². The average molecular weight is 355 g/mol. The molecule has 0 bridgehead atoms. The molecule has 2 saturated carbocycles. The summed E-state index contributed by atoms with van der Waals surface area (Å²) in [5.41, 5.74) is 3.12. The van der Waals surface area contributed by atoms with Crippen molar-refractivity contribution in [1.29, 1.82) is 0 Å². The molecule has 0 heteroatoms. The first-order valence-electron chi connectivity index (χ1n) is 11.7. The average Bonchev–Trinajstić information content (AvgIpc) is 2.73. The van der Waals surface area contributed by atoms with Gasteiger partial charge in [0, 0.05) is 0 Å². The third-order valence-corrected chi connectivity index (χ3v) is 8.29. The van der Waals surface area contributed by atoms with Crippen LogP contribution in [0, 0.1) is 23.7 Å². The Labute approximate surface area is 163 Å². The predicted molar refractivity (Wildman–Crippen MR) is 115 cm³/mol. The minimum atomic E-state index is 0.699. The van der Waals surface area contributed by atoms with Crippen LogP contribution in [0.1, 0.15) is 115 Å². The topological polar surface area (TPSA) is 0 Å². The van der Waals surface area contributed by atoms with Gasteiger partial charge in [0.2, 0.25) is 0 Å². The first-order chi connectivity index (χ1) is 12.6. The van der Waals surface area contributed by atoms with Crippen LogP contribution in [0.25, 0.3) is 0 Å². The molecule has 0 radical (unpaired) electrons. The molecular weight excluding hydrogens is 312 g/mol.